The van der Waals surface area contributed by atoms with E-state index in [4.69, 9.17) is 16.6 Å². The topological polar surface area (TPSA) is 197 Å². The van der Waals surface area contributed by atoms with Gasteiger partial charge in [-0.3, -0.25) is 9.59 Å². The van der Waals surface area contributed by atoms with Gasteiger partial charge < -0.3 is 32.0 Å². The molecule has 3 rings (SSSR count). The molecule has 35 heavy (non-hydrogen) atoms. The minimum Gasteiger partial charge on any atom is -0.481 e. The number of nitrogens with one attached hydrogen (secondary N) is 2. The highest BCUT2D eigenvalue weighted by Gasteiger charge is 2.22. The number of aromatic nitrogens is 3. The number of carboxylic acid groups (broad SMARTS) is 2. The molecular formula is C24H30N6O5. The lowest BCUT2D eigenvalue weighted by Crippen LogP contribution is -2.41. The highest BCUT2D eigenvalue weighted by atomic mass is 16.4. The molecule has 1 amide bonds. The van der Waals surface area contributed by atoms with Crippen molar-refractivity contribution >= 4 is 40.6 Å². The summed E-state index contributed by atoms with van der Waals surface area (Å²) < 4.78 is 0. The van der Waals surface area contributed by atoms with Crippen LogP contribution in [0.2, 0.25) is 0 Å². The molecule has 2 atom stereocenters. The van der Waals surface area contributed by atoms with E-state index in [-0.39, 0.29) is 18.8 Å². The van der Waals surface area contributed by atoms with E-state index in [9.17, 15) is 19.5 Å². The van der Waals surface area contributed by atoms with Gasteiger partial charge in [0.2, 0.25) is 5.95 Å². The first kappa shape index (κ1) is 25.5. The molecule has 0 saturated heterocycles. The molecule has 2 heterocycles. The molecule has 0 saturated carbocycles. The van der Waals surface area contributed by atoms with Crippen LogP contribution in [-0.2, 0) is 22.4 Å². The Kier molecular flexibility index (Phi) is 8.24. The van der Waals surface area contributed by atoms with Crippen LogP contribution in [0.5, 0.6) is 0 Å². The first-order valence-electron chi connectivity index (χ1n) is 11.4. The van der Waals surface area contributed by atoms with Gasteiger partial charge in [0.25, 0.3) is 5.91 Å². The number of hydrogen-bond donors (Lipinski definition) is 6. The maximum absolute atomic E-state index is 12.5. The lowest BCUT2D eigenvalue weighted by atomic mass is 9.89. The summed E-state index contributed by atoms with van der Waals surface area (Å²) in [4.78, 5) is 45.9. The molecule has 0 aliphatic carbocycles. The van der Waals surface area contributed by atoms with Crippen molar-refractivity contribution < 1.29 is 24.6 Å². The number of carbonyl (C=O) groups is 3. The van der Waals surface area contributed by atoms with Crippen LogP contribution in [0.15, 0.2) is 30.5 Å². The van der Waals surface area contributed by atoms with Crippen molar-refractivity contribution in [2.24, 2.45) is 5.92 Å². The van der Waals surface area contributed by atoms with Crippen molar-refractivity contribution in [1.29, 1.82) is 0 Å². The van der Waals surface area contributed by atoms with Gasteiger partial charge >= 0.3 is 11.9 Å². The zero-order valence-electron chi connectivity index (χ0n) is 19.5. The van der Waals surface area contributed by atoms with Crippen LogP contribution < -0.4 is 16.8 Å². The van der Waals surface area contributed by atoms with Crippen molar-refractivity contribution in [3.05, 3.63) is 47.2 Å². The third-order valence-corrected chi connectivity index (χ3v) is 5.85. The molecule has 2 aromatic heterocycles. The van der Waals surface area contributed by atoms with E-state index in [0.29, 0.717) is 22.9 Å². The zero-order chi connectivity index (χ0) is 25.5. The summed E-state index contributed by atoms with van der Waals surface area (Å²) in [5.41, 5.74) is 14.7. The molecule has 186 valence electrons. The Morgan fingerprint density at radius 2 is 1.77 bits per heavy atom. The fraction of sp³-hybridized carbons (Fsp3) is 0.375. The molecule has 11 nitrogen and oxygen atoms in total. The summed E-state index contributed by atoms with van der Waals surface area (Å²) in [5.74, 6) is -2.18. The number of aliphatic carboxylic acids is 2. The van der Waals surface area contributed by atoms with E-state index in [0.717, 1.165) is 42.2 Å². The molecule has 0 spiro atoms. The van der Waals surface area contributed by atoms with Gasteiger partial charge in [-0.1, -0.05) is 31.9 Å². The smallest absolute Gasteiger partial charge is 0.326 e. The number of fused-ring (bicyclic) bond motifs is 1. The molecule has 0 aliphatic heterocycles. The summed E-state index contributed by atoms with van der Waals surface area (Å²) in [6.45, 7) is 2.12. The van der Waals surface area contributed by atoms with Crippen LogP contribution in [-0.4, -0.2) is 49.1 Å². The van der Waals surface area contributed by atoms with Crippen molar-refractivity contribution in [2.45, 2.75) is 51.5 Å². The van der Waals surface area contributed by atoms with Crippen molar-refractivity contribution in [3.8, 4) is 0 Å². The van der Waals surface area contributed by atoms with Crippen molar-refractivity contribution in [1.82, 2.24) is 20.3 Å². The number of rotatable bonds is 12. The number of anilines is 2. The van der Waals surface area contributed by atoms with Crippen LogP contribution in [0.4, 0.5) is 11.8 Å². The second kappa shape index (κ2) is 11.3. The molecule has 8 N–H and O–H groups in total. The number of nitrogens with zero attached hydrogens (tertiary/aromatic N) is 2. The van der Waals surface area contributed by atoms with Crippen LogP contribution in [0, 0.1) is 5.92 Å². The Morgan fingerprint density at radius 1 is 1.06 bits per heavy atom. The molecule has 0 bridgehead atoms. The van der Waals surface area contributed by atoms with E-state index in [1.54, 1.807) is 12.1 Å². The van der Waals surface area contributed by atoms with E-state index in [1.807, 2.05) is 18.3 Å². The minimum atomic E-state index is -1.27. The van der Waals surface area contributed by atoms with Crippen LogP contribution >= 0.6 is 0 Å². The number of nitrogen functional groups attached to an aromatic ring is 2. The van der Waals surface area contributed by atoms with E-state index < -0.39 is 23.9 Å². The number of nitrogens with two attached hydrogens (primary N) is 2. The van der Waals surface area contributed by atoms with Gasteiger partial charge in [-0.2, -0.15) is 9.97 Å². The van der Waals surface area contributed by atoms with E-state index in [1.165, 1.54) is 0 Å². The summed E-state index contributed by atoms with van der Waals surface area (Å²) >= 11 is 0. The van der Waals surface area contributed by atoms with Gasteiger partial charge in [-0.05, 0) is 48.4 Å². The number of carbonyl (C=O) groups excluding carboxylic acids is 1. The first-order valence-corrected chi connectivity index (χ1v) is 11.4. The average Bonchev–Trinajstić information content (AvgIpc) is 3.19. The molecule has 0 radical (unpaired) electrons. The Morgan fingerprint density at radius 3 is 2.40 bits per heavy atom. The number of benzene rings is 1. The van der Waals surface area contributed by atoms with Gasteiger partial charge in [-0.15, -0.1) is 0 Å². The number of aromatic amines is 1. The Balaban J connectivity index is 1.68. The SMILES string of the molecule is CCCC(Cc1ccc(C(=O)N[C@@H](CCC(=O)O)C(=O)O)cc1)Cc1c[nH]c2nc(N)nc(N)c12. The summed E-state index contributed by atoms with van der Waals surface area (Å²) in [6, 6.07) is 5.71. The maximum atomic E-state index is 12.5. The van der Waals surface area contributed by atoms with Gasteiger partial charge in [-0.25, -0.2) is 4.79 Å². The molecule has 0 aliphatic rings. The third-order valence-electron chi connectivity index (χ3n) is 5.85. The van der Waals surface area contributed by atoms with Gasteiger partial charge in [0.15, 0.2) is 0 Å². The van der Waals surface area contributed by atoms with E-state index in [2.05, 4.69) is 27.2 Å². The number of amides is 1. The fourth-order valence-corrected chi connectivity index (χ4v) is 4.19. The second-order valence-electron chi connectivity index (χ2n) is 8.56. The number of H-pyrrole nitrogens is 1. The predicted octanol–water partition coefficient (Wildman–Crippen LogP) is 2.37. The molecular weight excluding hydrogens is 452 g/mol. The summed E-state index contributed by atoms with van der Waals surface area (Å²) in [5, 5.41) is 21.2. The highest BCUT2D eigenvalue weighted by molar-refractivity contribution is 5.96. The maximum Gasteiger partial charge on any atom is 0.326 e. The largest absolute Gasteiger partial charge is 0.481 e. The number of hydrogen-bond acceptors (Lipinski definition) is 7. The van der Waals surface area contributed by atoms with Crippen molar-refractivity contribution in [3.63, 3.8) is 0 Å². The highest BCUT2D eigenvalue weighted by Crippen LogP contribution is 2.27. The Labute approximate surface area is 202 Å². The second-order valence-corrected chi connectivity index (χ2v) is 8.56. The van der Waals surface area contributed by atoms with Crippen LogP contribution in [0.3, 0.4) is 0 Å². The minimum absolute atomic E-state index is 0.120. The molecule has 1 aromatic carbocycles. The standard InChI is InChI=1S/C24H30N6O5/c1-2-3-14(11-16-12-27-21-19(16)20(25)29-24(26)30-21)10-13-4-6-15(7-5-13)22(33)28-17(23(34)35)8-9-18(31)32/h4-7,12,14,17H,2-3,8-11H2,1H3,(H,28,33)(H,31,32)(H,34,35)(H5,25,26,27,29,30)/t14?,17-/m0/s1. The zero-order valence-corrected chi connectivity index (χ0v) is 19.5. The van der Waals surface area contributed by atoms with Gasteiger partial charge in [0.05, 0.1) is 5.39 Å². The van der Waals surface area contributed by atoms with Gasteiger partial charge in [0, 0.05) is 18.2 Å². The molecule has 0 fully saturated rings. The molecule has 1 unspecified atom stereocenters. The van der Waals surface area contributed by atoms with Crippen LogP contribution in [0.25, 0.3) is 11.0 Å². The quantitative estimate of drug-likeness (QED) is 0.224. The molecule has 11 heteroatoms. The normalized spacial score (nSPS) is 12.8. The summed E-state index contributed by atoms with van der Waals surface area (Å²) in [7, 11) is 0. The molecule has 3 aromatic rings. The predicted molar refractivity (Wildman–Crippen MR) is 131 cm³/mol. The lowest BCUT2D eigenvalue weighted by molar-refractivity contribution is -0.140. The van der Waals surface area contributed by atoms with Crippen LogP contribution in [0.1, 0.15) is 54.1 Å². The summed E-state index contributed by atoms with van der Waals surface area (Å²) in [6.07, 6.45) is 4.86. The van der Waals surface area contributed by atoms with Gasteiger partial charge in [0.1, 0.15) is 17.5 Å². The third kappa shape index (κ3) is 6.69. The monoisotopic (exact) mass is 482 g/mol. The van der Waals surface area contributed by atoms with Crippen molar-refractivity contribution in [2.75, 3.05) is 11.5 Å². The Hall–Kier alpha value is -4.15. The first-order chi connectivity index (χ1) is 16.7. The lowest BCUT2D eigenvalue weighted by Gasteiger charge is -2.17. The fourth-order valence-electron chi connectivity index (χ4n) is 4.19. The Bertz CT molecular complexity index is 1210. The average molecular weight is 483 g/mol. The van der Waals surface area contributed by atoms with E-state index >= 15 is 0 Å². The number of carboxylic acids is 2.